The molecule has 3 unspecified atom stereocenters. The van der Waals surface area contributed by atoms with E-state index in [2.05, 4.69) is 125 Å². The maximum atomic E-state index is 13.9. The number of nitrogens with zero attached hydrogens (tertiary/aromatic N) is 3. The summed E-state index contributed by atoms with van der Waals surface area (Å²) in [6.45, 7) is 9.50. The van der Waals surface area contributed by atoms with Crippen molar-refractivity contribution in [2.75, 3.05) is 35.8 Å². The molecule has 54 heavy (non-hydrogen) atoms. The first-order chi connectivity index (χ1) is 25.8. The SMILES string of the molecule is CCN(c1ccc(C2Nc3ccc4ccccc4c3C3=C2C(=O)CC(C)(C)C3)cc1)C(C)CC1=NC(SC(=Cc2ccc(N(C)C)c(Br)c2)C(=O)O)NN1. The topological polar surface area (TPSA) is 109 Å². The number of thioether (sulfide) groups is 1. The van der Waals surface area contributed by atoms with E-state index >= 15 is 0 Å². The highest BCUT2D eigenvalue weighted by Gasteiger charge is 2.41. The summed E-state index contributed by atoms with van der Waals surface area (Å²) >= 11 is 4.75. The first-order valence-corrected chi connectivity index (χ1v) is 20.1. The van der Waals surface area contributed by atoms with Crippen LogP contribution in [0.4, 0.5) is 17.1 Å². The number of halogens is 1. The molecular weight excluding hydrogens is 760 g/mol. The minimum atomic E-state index is -1.00. The summed E-state index contributed by atoms with van der Waals surface area (Å²) in [5, 5.41) is 16.1. The molecule has 2 aliphatic heterocycles. The molecule has 0 saturated heterocycles. The predicted molar refractivity (Wildman–Crippen MR) is 228 cm³/mol. The Bertz CT molecular complexity index is 2210. The number of hydrogen-bond acceptors (Lipinski definition) is 9. The van der Waals surface area contributed by atoms with Gasteiger partial charge in [0.15, 0.2) is 11.3 Å². The Hall–Kier alpha value is -4.58. The van der Waals surface area contributed by atoms with Crippen LogP contribution in [0.5, 0.6) is 0 Å². The van der Waals surface area contributed by atoms with Crippen LogP contribution in [-0.4, -0.2) is 54.9 Å². The Morgan fingerprint density at radius 1 is 1.07 bits per heavy atom. The number of allylic oxidation sites excluding steroid dienone is 1. The zero-order valence-electron chi connectivity index (χ0n) is 31.5. The van der Waals surface area contributed by atoms with Gasteiger partial charge in [0.2, 0.25) is 0 Å². The Kier molecular flexibility index (Phi) is 10.7. The average molecular weight is 808 g/mol. The number of anilines is 3. The van der Waals surface area contributed by atoms with Gasteiger partial charge in [-0.05, 0) is 105 Å². The summed E-state index contributed by atoms with van der Waals surface area (Å²) in [7, 11) is 3.92. The van der Waals surface area contributed by atoms with Crippen LogP contribution in [0, 0.1) is 5.41 Å². The van der Waals surface area contributed by atoms with Crippen LogP contribution in [-0.2, 0) is 9.59 Å². The lowest BCUT2D eigenvalue weighted by atomic mass is 9.68. The van der Waals surface area contributed by atoms with Gasteiger partial charge < -0.3 is 25.6 Å². The van der Waals surface area contributed by atoms with Gasteiger partial charge >= 0.3 is 5.97 Å². The number of ketones is 1. The Morgan fingerprint density at radius 3 is 2.54 bits per heavy atom. The normalized spacial score (nSPS) is 19.7. The molecule has 3 atom stereocenters. The number of aliphatic carboxylic acids is 1. The number of carboxylic acid groups (broad SMARTS) is 1. The second-order valence-electron chi connectivity index (χ2n) is 15.3. The van der Waals surface area contributed by atoms with Crippen molar-refractivity contribution in [2.45, 2.75) is 64.5 Å². The van der Waals surface area contributed by atoms with Gasteiger partial charge in [-0.15, -0.1) is 0 Å². The van der Waals surface area contributed by atoms with Crippen molar-refractivity contribution in [3.8, 4) is 0 Å². The lowest BCUT2D eigenvalue weighted by molar-refractivity contribution is -0.131. The van der Waals surface area contributed by atoms with Crippen molar-refractivity contribution in [2.24, 2.45) is 10.4 Å². The molecule has 11 heteroatoms. The van der Waals surface area contributed by atoms with E-state index in [1.807, 2.05) is 37.2 Å². The minimum absolute atomic E-state index is 0.101. The molecule has 2 heterocycles. The summed E-state index contributed by atoms with van der Waals surface area (Å²) < 4.78 is 0.890. The van der Waals surface area contributed by atoms with Gasteiger partial charge in [-0.1, -0.05) is 74.1 Å². The summed E-state index contributed by atoms with van der Waals surface area (Å²) in [4.78, 5) is 35.4. The molecule has 3 aliphatic rings. The highest BCUT2D eigenvalue weighted by Crippen LogP contribution is 2.52. The van der Waals surface area contributed by atoms with E-state index in [0.29, 0.717) is 12.8 Å². The minimum Gasteiger partial charge on any atom is -0.477 e. The van der Waals surface area contributed by atoms with Crippen molar-refractivity contribution in [3.63, 3.8) is 0 Å². The molecule has 4 aromatic carbocycles. The van der Waals surface area contributed by atoms with Crippen LogP contribution >= 0.6 is 27.7 Å². The summed E-state index contributed by atoms with van der Waals surface area (Å²) in [5.41, 5.74) is 14.0. The fourth-order valence-corrected chi connectivity index (χ4v) is 9.58. The van der Waals surface area contributed by atoms with E-state index in [4.69, 9.17) is 4.99 Å². The standard InChI is InChI=1S/C43H47BrN6O3S/c1-7-50(25(2)20-37-46-42(48-47-37)54-36(41(52)53)22-26-12-19-34(49(5)6)32(44)21-26)29-16-13-28(14-17-29)40-39-31(23-43(3,4)24-35(39)51)38-30-11-9-8-10-27(30)15-18-33(38)45-40/h8-19,21-22,25,40,42,45,48H,7,20,23-24H2,1-6H3,(H,46,47)(H,52,53). The maximum absolute atomic E-state index is 13.9. The number of rotatable bonds is 11. The van der Waals surface area contributed by atoms with Gasteiger partial charge in [0.25, 0.3) is 0 Å². The molecule has 9 nitrogen and oxygen atoms in total. The van der Waals surface area contributed by atoms with E-state index in [-0.39, 0.29) is 28.2 Å². The molecule has 280 valence electrons. The maximum Gasteiger partial charge on any atom is 0.342 e. The van der Waals surface area contributed by atoms with Crippen molar-refractivity contribution in [1.82, 2.24) is 10.9 Å². The molecule has 0 saturated carbocycles. The quantitative estimate of drug-likeness (QED) is 0.110. The largest absolute Gasteiger partial charge is 0.477 e. The number of nitrogens with one attached hydrogen (secondary N) is 3. The molecule has 0 radical (unpaired) electrons. The van der Waals surface area contributed by atoms with Gasteiger partial charge in [0.05, 0.1) is 16.6 Å². The first kappa shape index (κ1) is 37.7. The molecule has 1 aliphatic carbocycles. The van der Waals surface area contributed by atoms with Crippen molar-refractivity contribution in [1.29, 1.82) is 0 Å². The van der Waals surface area contributed by atoms with E-state index in [0.717, 1.165) is 68.8 Å². The fourth-order valence-electron chi connectivity index (χ4n) is 7.99. The number of amidine groups is 1. The van der Waals surface area contributed by atoms with Crippen LogP contribution in [0.15, 0.2) is 98.8 Å². The molecule has 0 aromatic heterocycles. The van der Waals surface area contributed by atoms with Gasteiger partial charge in [0, 0.05) is 66.5 Å². The highest BCUT2D eigenvalue weighted by molar-refractivity contribution is 9.10. The van der Waals surface area contributed by atoms with Crippen molar-refractivity contribution in [3.05, 3.63) is 111 Å². The fraction of sp³-hybridized carbons (Fsp3) is 0.326. The first-order valence-electron chi connectivity index (χ1n) is 18.4. The molecular formula is C43H47BrN6O3S. The second-order valence-corrected chi connectivity index (χ2v) is 17.3. The Labute approximate surface area is 330 Å². The van der Waals surface area contributed by atoms with Gasteiger partial charge in [-0.25, -0.2) is 15.2 Å². The van der Waals surface area contributed by atoms with Gasteiger partial charge in [0.1, 0.15) is 5.84 Å². The molecule has 4 aromatic rings. The van der Waals surface area contributed by atoms with Crippen LogP contribution in [0.2, 0.25) is 0 Å². The molecule has 0 bridgehead atoms. The zero-order valence-corrected chi connectivity index (χ0v) is 33.9. The van der Waals surface area contributed by atoms with Crippen LogP contribution in [0.1, 0.15) is 69.7 Å². The third-order valence-electron chi connectivity index (χ3n) is 10.5. The lowest BCUT2D eigenvalue weighted by Gasteiger charge is -2.40. The third-order valence-corrected chi connectivity index (χ3v) is 12.1. The monoisotopic (exact) mass is 806 g/mol. The van der Waals surface area contributed by atoms with Gasteiger partial charge in [-0.3, -0.25) is 4.79 Å². The highest BCUT2D eigenvalue weighted by atomic mass is 79.9. The smallest absolute Gasteiger partial charge is 0.342 e. The molecule has 4 N–H and O–H groups in total. The second kappa shape index (κ2) is 15.3. The third kappa shape index (κ3) is 7.67. The number of carboxylic acids is 1. The number of benzene rings is 4. The lowest BCUT2D eigenvalue weighted by Crippen LogP contribution is -2.39. The molecule has 0 spiro atoms. The van der Waals surface area contributed by atoms with Crippen LogP contribution in [0.3, 0.4) is 0 Å². The summed E-state index contributed by atoms with van der Waals surface area (Å²) in [6.07, 6.45) is 3.70. The van der Waals surface area contributed by atoms with E-state index in [9.17, 15) is 14.7 Å². The molecule has 0 fully saturated rings. The Balaban J connectivity index is 1.07. The number of hydrazine groups is 1. The number of carbonyl (C=O) groups excluding carboxylic acids is 1. The van der Waals surface area contributed by atoms with Gasteiger partial charge in [-0.2, -0.15) is 0 Å². The zero-order chi connectivity index (χ0) is 38.3. The van der Waals surface area contributed by atoms with Crippen LogP contribution in [0.25, 0.3) is 22.4 Å². The average Bonchev–Trinajstić information content (AvgIpc) is 3.57. The summed E-state index contributed by atoms with van der Waals surface area (Å²) in [5.74, 6) is -0.0101. The van der Waals surface area contributed by atoms with Crippen molar-refractivity contribution >= 4 is 84.8 Å². The number of aliphatic imine (C=N–C) groups is 1. The van der Waals surface area contributed by atoms with E-state index in [1.165, 1.54) is 21.9 Å². The van der Waals surface area contributed by atoms with E-state index in [1.54, 1.807) is 6.08 Å². The van der Waals surface area contributed by atoms with Crippen LogP contribution < -0.4 is 26.0 Å². The predicted octanol–water partition coefficient (Wildman–Crippen LogP) is 9.23. The summed E-state index contributed by atoms with van der Waals surface area (Å²) in [6, 6.07) is 27.0. The molecule has 0 amide bonds. The number of carbonyl (C=O) groups is 2. The van der Waals surface area contributed by atoms with Crippen molar-refractivity contribution < 1.29 is 14.7 Å². The number of Topliss-reactive ketones (excluding diaryl/α,β-unsaturated/α-hetero) is 1. The molecule has 7 rings (SSSR count). The number of hydrogen-bond donors (Lipinski definition) is 4. The Morgan fingerprint density at radius 2 is 1.83 bits per heavy atom. The van der Waals surface area contributed by atoms with E-state index < -0.39 is 11.5 Å². The number of fused-ring (bicyclic) bond motifs is 4.